The first-order chi connectivity index (χ1) is 9.11. The number of hydrogen-bond donors (Lipinski definition) is 1. The van der Waals surface area contributed by atoms with Gasteiger partial charge < -0.3 is 5.32 Å². The van der Waals surface area contributed by atoms with Crippen LogP contribution in [0.4, 0.5) is 5.69 Å². The molecule has 0 heterocycles. The van der Waals surface area contributed by atoms with Crippen molar-refractivity contribution < 1.29 is 0 Å². The maximum Gasteiger partial charge on any atom is 0.126 e. The average Bonchev–Trinajstić information content (AvgIpc) is 2.42. The zero-order valence-corrected chi connectivity index (χ0v) is 11.5. The van der Waals surface area contributed by atoms with Gasteiger partial charge in [-0.15, -0.1) is 0 Å². The molecule has 0 bridgehead atoms. The van der Waals surface area contributed by atoms with Crippen LogP contribution >= 0.6 is 11.6 Å². The van der Waals surface area contributed by atoms with Crippen LogP contribution in [0.1, 0.15) is 12.5 Å². The Kier molecular flexibility index (Phi) is 4.09. The monoisotopic (exact) mass is 270 g/mol. The average molecular weight is 271 g/mol. The third-order valence-electron chi connectivity index (χ3n) is 2.91. The molecule has 0 saturated heterocycles. The van der Waals surface area contributed by atoms with E-state index in [4.69, 9.17) is 11.6 Å². The molecule has 0 aliphatic carbocycles. The molecule has 2 rings (SSSR count). The lowest BCUT2D eigenvalue weighted by Gasteiger charge is -2.24. The van der Waals surface area contributed by atoms with Crippen molar-refractivity contribution >= 4 is 17.3 Å². The molecule has 0 saturated carbocycles. The van der Waals surface area contributed by atoms with Crippen LogP contribution in [0.2, 0.25) is 5.02 Å². The summed E-state index contributed by atoms with van der Waals surface area (Å²) in [4.78, 5) is 0. The van der Waals surface area contributed by atoms with Crippen molar-refractivity contribution in [1.82, 2.24) is 0 Å². The van der Waals surface area contributed by atoms with Crippen LogP contribution in [0.15, 0.2) is 54.6 Å². The first-order valence-electron chi connectivity index (χ1n) is 6.10. The number of benzene rings is 2. The van der Waals surface area contributed by atoms with E-state index in [2.05, 4.69) is 11.4 Å². The molecule has 0 aromatic heterocycles. The summed E-state index contributed by atoms with van der Waals surface area (Å²) in [7, 11) is 0. The predicted octanol–water partition coefficient (Wildman–Crippen LogP) is 4.28. The lowest BCUT2D eigenvalue weighted by molar-refractivity contribution is 0.646. The van der Waals surface area contributed by atoms with Crippen molar-refractivity contribution in [3.8, 4) is 6.07 Å². The van der Waals surface area contributed by atoms with E-state index >= 15 is 0 Å². The number of halogens is 1. The summed E-state index contributed by atoms with van der Waals surface area (Å²) in [6.07, 6.45) is 0.646. The summed E-state index contributed by atoms with van der Waals surface area (Å²) in [5.41, 5.74) is 1.38. The second-order valence-corrected chi connectivity index (χ2v) is 5.17. The maximum atomic E-state index is 9.42. The predicted molar refractivity (Wildman–Crippen MR) is 79.2 cm³/mol. The number of nitrogens with zero attached hydrogens (tertiary/aromatic N) is 1. The van der Waals surface area contributed by atoms with Gasteiger partial charge in [0.15, 0.2) is 0 Å². The van der Waals surface area contributed by atoms with Gasteiger partial charge in [-0.1, -0.05) is 41.9 Å². The number of hydrogen-bond acceptors (Lipinski definition) is 2. The highest BCUT2D eigenvalue weighted by atomic mass is 35.5. The molecule has 0 fully saturated rings. The van der Waals surface area contributed by atoms with Crippen molar-refractivity contribution in [3.05, 3.63) is 65.2 Å². The highest BCUT2D eigenvalue weighted by molar-refractivity contribution is 6.30. The van der Waals surface area contributed by atoms with E-state index in [1.165, 1.54) is 0 Å². The Hall–Kier alpha value is -1.98. The molecule has 1 atom stereocenters. The normalized spacial score (nSPS) is 13.3. The van der Waals surface area contributed by atoms with Gasteiger partial charge in [-0.05, 0) is 36.8 Å². The molecule has 3 heteroatoms. The van der Waals surface area contributed by atoms with Crippen molar-refractivity contribution in [2.75, 3.05) is 5.32 Å². The zero-order chi connectivity index (χ0) is 13.7. The zero-order valence-electron chi connectivity index (χ0n) is 10.7. The van der Waals surface area contributed by atoms with Gasteiger partial charge in [0.05, 0.1) is 6.07 Å². The van der Waals surface area contributed by atoms with E-state index in [0.717, 1.165) is 11.3 Å². The van der Waals surface area contributed by atoms with Gasteiger partial charge in [-0.2, -0.15) is 5.26 Å². The Bertz CT molecular complexity index is 572. The Morgan fingerprint density at radius 2 is 1.74 bits per heavy atom. The molecule has 0 aliphatic heterocycles. The molecule has 0 aliphatic rings. The smallest absolute Gasteiger partial charge is 0.126 e. The summed E-state index contributed by atoms with van der Waals surface area (Å²) in [6, 6.07) is 19.7. The molecule has 1 N–H and O–H groups in total. The first-order valence-corrected chi connectivity index (χ1v) is 6.48. The number of nitrogens with one attached hydrogen (secondary N) is 1. The fourth-order valence-corrected chi connectivity index (χ4v) is 2.09. The molecule has 0 unspecified atom stereocenters. The SMILES string of the molecule is C[C@@](C#N)(Cc1ccccc1)Nc1ccc(Cl)cc1. The molecule has 0 amide bonds. The molecule has 2 nitrogen and oxygen atoms in total. The van der Waals surface area contributed by atoms with E-state index in [9.17, 15) is 5.26 Å². The minimum absolute atomic E-state index is 0.644. The van der Waals surface area contributed by atoms with Crippen LogP contribution < -0.4 is 5.32 Å². The summed E-state index contributed by atoms with van der Waals surface area (Å²) < 4.78 is 0. The van der Waals surface area contributed by atoms with Gasteiger partial charge in [-0.3, -0.25) is 0 Å². The summed E-state index contributed by atoms with van der Waals surface area (Å²) >= 11 is 5.85. The molecular weight excluding hydrogens is 256 g/mol. The highest BCUT2D eigenvalue weighted by Crippen LogP contribution is 2.21. The Balaban J connectivity index is 2.14. The maximum absolute atomic E-state index is 9.42. The second-order valence-electron chi connectivity index (χ2n) is 4.74. The number of rotatable bonds is 4. The minimum atomic E-state index is -0.644. The van der Waals surface area contributed by atoms with Gasteiger partial charge in [0.25, 0.3) is 0 Å². The summed E-state index contributed by atoms with van der Waals surface area (Å²) in [5.74, 6) is 0. The van der Waals surface area contributed by atoms with Gasteiger partial charge in [0.1, 0.15) is 5.54 Å². The summed E-state index contributed by atoms with van der Waals surface area (Å²) in [6.45, 7) is 1.90. The highest BCUT2D eigenvalue weighted by Gasteiger charge is 2.23. The molecule has 2 aromatic carbocycles. The molecule has 0 radical (unpaired) electrons. The fraction of sp³-hybridized carbons (Fsp3) is 0.188. The van der Waals surface area contributed by atoms with E-state index < -0.39 is 5.54 Å². The molecule has 0 spiro atoms. The molecular formula is C16H15ClN2. The van der Waals surface area contributed by atoms with Crippen molar-refractivity contribution in [3.63, 3.8) is 0 Å². The van der Waals surface area contributed by atoms with E-state index in [-0.39, 0.29) is 0 Å². The minimum Gasteiger partial charge on any atom is -0.367 e. The van der Waals surface area contributed by atoms with Crippen LogP contribution in [0.5, 0.6) is 0 Å². The van der Waals surface area contributed by atoms with Gasteiger partial charge in [0, 0.05) is 17.1 Å². The van der Waals surface area contributed by atoms with E-state index in [0.29, 0.717) is 11.4 Å². The standard InChI is InChI=1S/C16H15ClN2/c1-16(12-18,11-13-5-3-2-4-6-13)19-15-9-7-14(17)8-10-15/h2-10,19H,11H2,1H3/t16-/m0/s1. The van der Waals surface area contributed by atoms with Gasteiger partial charge in [-0.25, -0.2) is 0 Å². The topological polar surface area (TPSA) is 35.8 Å². The summed E-state index contributed by atoms with van der Waals surface area (Å²) in [5, 5.41) is 13.4. The van der Waals surface area contributed by atoms with Crippen molar-refractivity contribution in [1.29, 1.82) is 5.26 Å². The van der Waals surface area contributed by atoms with Gasteiger partial charge in [0.2, 0.25) is 0 Å². The molecule has 96 valence electrons. The Morgan fingerprint density at radius 1 is 1.11 bits per heavy atom. The second kappa shape index (κ2) is 5.77. The van der Waals surface area contributed by atoms with Crippen LogP contribution in [-0.2, 0) is 6.42 Å². The van der Waals surface area contributed by atoms with Gasteiger partial charge >= 0.3 is 0 Å². The quantitative estimate of drug-likeness (QED) is 0.900. The lowest BCUT2D eigenvalue weighted by Crippen LogP contribution is -2.35. The van der Waals surface area contributed by atoms with E-state index in [1.54, 1.807) is 0 Å². The van der Waals surface area contributed by atoms with E-state index in [1.807, 2.05) is 61.5 Å². The molecule has 2 aromatic rings. The third-order valence-corrected chi connectivity index (χ3v) is 3.16. The van der Waals surface area contributed by atoms with Crippen LogP contribution in [0.25, 0.3) is 0 Å². The lowest BCUT2D eigenvalue weighted by atomic mass is 9.94. The van der Waals surface area contributed by atoms with Crippen LogP contribution in [0.3, 0.4) is 0 Å². The third kappa shape index (κ3) is 3.74. The van der Waals surface area contributed by atoms with Crippen LogP contribution in [0, 0.1) is 11.3 Å². The number of nitriles is 1. The van der Waals surface area contributed by atoms with Crippen molar-refractivity contribution in [2.24, 2.45) is 0 Å². The fourth-order valence-electron chi connectivity index (χ4n) is 1.97. The number of anilines is 1. The Morgan fingerprint density at radius 3 is 2.32 bits per heavy atom. The Labute approximate surface area is 118 Å². The molecule has 19 heavy (non-hydrogen) atoms. The van der Waals surface area contributed by atoms with Crippen LogP contribution in [-0.4, -0.2) is 5.54 Å². The van der Waals surface area contributed by atoms with Crippen molar-refractivity contribution in [2.45, 2.75) is 18.9 Å². The largest absolute Gasteiger partial charge is 0.367 e. The first kappa shape index (κ1) is 13.5.